The van der Waals surface area contributed by atoms with E-state index in [0.717, 1.165) is 31.5 Å². The molecule has 184 valence electrons. The number of nitrogens with zero attached hydrogens (tertiary/aromatic N) is 1. The molecule has 0 unspecified atom stereocenters. The van der Waals surface area contributed by atoms with Gasteiger partial charge in [-0.25, -0.2) is 4.79 Å². The molecule has 0 N–H and O–H groups in total. The third-order valence-electron chi connectivity index (χ3n) is 6.85. The van der Waals surface area contributed by atoms with E-state index in [9.17, 15) is 9.59 Å². The van der Waals surface area contributed by atoms with Gasteiger partial charge in [-0.2, -0.15) is 0 Å². The highest BCUT2D eigenvalue weighted by Gasteiger charge is 2.31. The largest absolute Gasteiger partial charge is 0.496 e. The van der Waals surface area contributed by atoms with Crippen LogP contribution in [0.3, 0.4) is 0 Å². The Morgan fingerprint density at radius 3 is 2.66 bits per heavy atom. The van der Waals surface area contributed by atoms with Crippen LogP contribution in [0.5, 0.6) is 23.0 Å². The highest BCUT2D eigenvalue weighted by Crippen LogP contribution is 2.45. The third kappa shape index (κ3) is 4.40. The summed E-state index contributed by atoms with van der Waals surface area (Å²) < 4.78 is 28.1. The standard InChI is InChI=1S/C27H29NO7/c1-16-5-4-10-28(14-16)24(29)12-19(17-6-8-20-22(11-17)34-15-33-20)26-23(32-3)13-21(31-2)18-7-9-25(30)35-27(18)26/h6-9,11,13,16,19H,4-5,10,12,14-15H2,1-3H3/t16-,19+/m0/s1. The van der Waals surface area contributed by atoms with Crippen LogP contribution in [0.2, 0.25) is 0 Å². The molecule has 1 fully saturated rings. The molecule has 0 saturated carbocycles. The number of rotatable bonds is 6. The second kappa shape index (κ2) is 9.52. The first-order valence-corrected chi connectivity index (χ1v) is 11.8. The lowest BCUT2D eigenvalue weighted by Gasteiger charge is -2.32. The van der Waals surface area contributed by atoms with Crippen molar-refractivity contribution in [3.63, 3.8) is 0 Å². The van der Waals surface area contributed by atoms with Crippen LogP contribution in [-0.4, -0.2) is 44.9 Å². The van der Waals surface area contributed by atoms with E-state index in [1.807, 2.05) is 23.1 Å². The van der Waals surface area contributed by atoms with Gasteiger partial charge in [0.2, 0.25) is 12.7 Å². The van der Waals surface area contributed by atoms with Crippen LogP contribution in [-0.2, 0) is 4.79 Å². The quantitative estimate of drug-likeness (QED) is 0.487. The average Bonchev–Trinajstić information content (AvgIpc) is 3.34. The molecule has 2 aromatic carbocycles. The molecule has 1 saturated heterocycles. The highest BCUT2D eigenvalue weighted by molar-refractivity contribution is 5.90. The van der Waals surface area contributed by atoms with E-state index in [1.165, 1.54) is 6.07 Å². The first-order chi connectivity index (χ1) is 17.0. The molecule has 5 rings (SSSR count). The lowest BCUT2D eigenvalue weighted by Crippen LogP contribution is -2.39. The molecule has 2 aliphatic heterocycles. The van der Waals surface area contributed by atoms with Crippen molar-refractivity contribution < 1.29 is 28.2 Å². The Hall–Kier alpha value is -3.68. The Morgan fingerprint density at radius 1 is 1.09 bits per heavy atom. The van der Waals surface area contributed by atoms with Crippen LogP contribution in [0.25, 0.3) is 11.0 Å². The molecule has 3 aromatic rings. The molecule has 0 aliphatic carbocycles. The van der Waals surface area contributed by atoms with Gasteiger partial charge in [-0.3, -0.25) is 4.79 Å². The molecule has 2 aliphatic rings. The molecule has 0 bridgehead atoms. The van der Waals surface area contributed by atoms with Crippen LogP contribution < -0.4 is 24.6 Å². The summed E-state index contributed by atoms with van der Waals surface area (Å²) in [7, 11) is 3.10. The second-order valence-corrected chi connectivity index (χ2v) is 9.15. The van der Waals surface area contributed by atoms with Gasteiger partial charge >= 0.3 is 5.63 Å². The van der Waals surface area contributed by atoms with Gasteiger partial charge in [0.25, 0.3) is 0 Å². The van der Waals surface area contributed by atoms with Crippen LogP contribution in [0.4, 0.5) is 0 Å². The fraction of sp³-hybridized carbons (Fsp3) is 0.407. The number of carbonyl (C=O) groups is 1. The Bertz CT molecular complexity index is 1310. The van der Waals surface area contributed by atoms with Gasteiger partial charge in [-0.15, -0.1) is 0 Å². The van der Waals surface area contributed by atoms with Gasteiger partial charge in [0.15, 0.2) is 11.5 Å². The lowest BCUT2D eigenvalue weighted by molar-refractivity contribution is -0.133. The van der Waals surface area contributed by atoms with E-state index < -0.39 is 11.5 Å². The number of hydrogen-bond donors (Lipinski definition) is 0. The van der Waals surface area contributed by atoms with Crippen molar-refractivity contribution >= 4 is 16.9 Å². The van der Waals surface area contributed by atoms with Crippen LogP contribution in [0.15, 0.2) is 45.6 Å². The topological polar surface area (TPSA) is 87.4 Å². The Kier molecular flexibility index (Phi) is 6.28. The fourth-order valence-electron chi connectivity index (χ4n) is 5.10. The number of fused-ring (bicyclic) bond motifs is 2. The molecule has 35 heavy (non-hydrogen) atoms. The van der Waals surface area contributed by atoms with Gasteiger partial charge in [-0.1, -0.05) is 13.0 Å². The third-order valence-corrected chi connectivity index (χ3v) is 6.85. The predicted molar refractivity (Wildman–Crippen MR) is 130 cm³/mol. The van der Waals surface area contributed by atoms with E-state index in [4.69, 9.17) is 23.4 Å². The van der Waals surface area contributed by atoms with Gasteiger partial charge in [0.1, 0.15) is 17.1 Å². The summed E-state index contributed by atoms with van der Waals surface area (Å²) >= 11 is 0. The molecule has 2 atom stereocenters. The summed E-state index contributed by atoms with van der Waals surface area (Å²) in [6, 6.07) is 10.4. The summed E-state index contributed by atoms with van der Waals surface area (Å²) in [5.41, 5.74) is 1.31. The van der Waals surface area contributed by atoms with Crippen LogP contribution >= 0.6 is 0 Å². The summed E-state index contributed by atoms with van der Waals surface area (Å²) in [5.74, 6) is 2.32. The highest BCUT2D eigenvalue weighted by atomic mass is 16.7. The van der Waals surface area contributed by atoms with Crippen molar-refractivity contribution in [1.29, 1.82) is 0 Å². The molecule has 1 amide bonds. The SMILES string of the molecule is COc1cc(OC)c2ccc(=O)oc2c1[C@H](CC(=O)N1CCC[C@H](C)C1)c1ccc2c(c1)OCO2. The fourth-order valence-corrected chi connectivity index (χ4v) is 5.10. The zero-order valence-electron chi connectivity index (χ0n) is 20.2. The molecule has 0 radical (unpaired) electrons. The number of carbonyl (C=O) groups excluding carboxylic acids is 1. The summed E-state index contributed by atoms with van der Waals surface area (Å²) in [6.45, 7) is 3.80. The molecular formula is C27H29NO7. The smallest absolute Gasteiger partial charge is 0.336 e. The van der Waals surface area contributed by atoms with E-state index in [0.29, 0.717) is 45.4 Å². The molecule has 3 heterocycles. The summed E-state index contributed by atoms with van der Waals surface area (Å²) in [6.07, 6.45) is 2.30. The van der Waals surface area contributed by atoms with E-state index in [-0.39, 0.29) is 19.1 Å². The van der Waals surface area contributed by atoms with E-state index in [2.05, 4.69) is 6.92 Å². The van der Waals surface area contributed by atoms with Gasteiger partial charge in [0, 0.05) is 43.1 Å². The minimum Gasteiger partial charge on any atom is -0.496 e. The molecule has 0 spiro atoms. The number of amides is 1. The van der Waals surface area contributed by atoms with E-state index in [1.54, 1.807) is 26.4 Å². The molecule has 8 nitrogen and oxygen atoms in total. The Balaban J connectivity index is 1.67. The van der Waals surface area contributed by atoms with Crippen LogP contribution in [0.1, 0.15) is 43.2 Å². The number of ether oxygens (including phenoxy) is 4. The minimum atomic E-state index is -0.491. The van der Waals surface area contributed by atoms with Gasteiger partial charge < -0.3 is 28.3 Å². The number of piperidine rings is 1. The van der Waals surface area contributed by atoms with Gasteiger partial charge in [0.05, 0.1) is 19.6 Å². The minimum absolute atomic E-state index is 0.0449. The van der Waals surface area contributed by atoms with E-state index >= 15 is 0 Å². The van der Waals surface area contributed by atoms with Crippen molar-refractivity contribution in [3.8, 4) is 23.0 Å². The zero-order chi connectivity index (χ0) is 24.5. The molecule has 8 heteroatoms. The molecular weight excluding hydrogens is 450 g/mol. The molecule has 1 aromatic heterocycles. The number of methoxy groups -OCH3 is 2. The maximum absolute atomic E-state index is 13.6. The van der Waals surface area contributed by atoms with Crippen molar-refractivity contribution in [2.24, 2.45) is 5.92 Å². The Morgan fingerprint density at radius 2 is 1.89 bits per heavy atom. The Labute approximate surface area is 203 Å². The first-order valence-electron chi connectivity index (χ1n) is 11.8. The summed E-state index contributed by atoms with van der Waals surface area (Å²) in [5, 5.41) is 0.632. The van der Waals surface area contributed by atoms with Gasteiger partial charge in [-0.05, 0) is 42.5 Å². The zero-order valence-corrected chi connectivity index (χ0v) is 20.2. The monoisotopic (exact) mass is 479 g/mol. The van der Waals surface area contributed by atoms with Crippen molar-refractivity contribution in [2.75, 3.05) is 34.1 Å². The number of hydrogen-bond acceptors (Lipinski definition) is 7. The van der Waals surface area contributed by atoms with Crippen molar-refractivity contribution in [2.45, 2.75) is 32.1 Å². The van der Waals surface area contributed by atoms with Crippen molar-refractivity contribution in [3.05, 3.63) is 57.9 Å². The summed E-state index contributed by atoms with van der Waals surface area (Å²) in [4.78, 5) is 27.8. The normalized spacial score (nSPS) is 17.9. The number of likely N-dealkylation sites (tertiary alicyclic amines) is 1. The first kappa shape index (κ1) is 23.1. The van der Waals surface area contributed by atoms with Crippen molar-refractivity contribution in [1.82, 2.24) is 4.90 Å². The number of benzene rings is 2. The maximum atomic E-state index is 13.6. The lowest BCUT2D eigenvalue weighted by atomic mass is 9.85. The predicted octanol–water partition coefficient (Wildman–Crippen LogP) is 4.32. The average molecular weight is 480 g/mol. The van der Waals surface area contributed by atoms with Crippen LogP contribution in [0, 0.1) is 5.92 Å². The maximum Gasteiger partial charge on any atom is 0.336 e. The second-order valence-electron chi connectivity index (χ2n) is 9.15.